The monoisotopic (exact) mass is 228 g/mol. The third-order valence-electron chi connectivity index (χ3n) is 3.13. The van der Waals surface area contributed by atoms with Gasteiger partial charge >= 0.3 is 0 Å². The largest absolute Gasteiger partial charge is 0.383 e. The number of nitrogens with zero attached hydrogens (tertiary/aromatic N) is 1. The molecule has 0 bridgehead atoms. The van der Waals surface area contributed by atoms with Crippen molar-refractivity contribution in [3.8, 4) is 0 Å². The Bertz CT molecular complexity index is 530. The summed E-state index contributed by atoms with van der Waals surface area (Å²) in [5.41, 5.74) is 9.55. The van der Waals surface area contributed by atoms with Gasteiger partial charge in [-0.05, 0) is 29.5 Å². The van der Waals surface area contributed by atoms with Crippen LogP contribution in [0.25, 0.3) is 10.9 Å². The number of nitrogen functional groups attached to an aromatic ring is 1. The fourth-order valence-corrected chi connectivity index (χ4v) is 2.22. The number of nitrogens with two attached hydrogens (primary N) is 1. The zero-order chi connectivity index (χ0) is 12.4. The summed E-state index contributed by atoms with van der Waals surface area (Å²) in [4.78, 5) is 4.59. The minimum atomic E-state index is 0.418. The van der Waals surface area contributed by atoms with Gasteiger partial charge in [-0.3, -0.25) is 0 Å². The van der Waals surface area contributed by atoms with Crippen molar-refractivity contribution in [2.45, 2.75) is 39.5 Å². The lowest BCUT2D eigenvalue weighted by molar-refractivity contribution is 0.865. The van der Waals surface area contributed by atoms with E-state index in [0.29, 0.717) is 11.7 Å². The number of aromatic nitrogens is 1. The van der Waals surface area contributed by atoms with Crippen molar-refractivity contribution >= 4 is 16.7 Å². The molecule has 90 valence electrons. The Kier molecular flexibility index (Phi) is 3.32. The second kappa shape index (κ2) is 4.74. The van der Waals surface area contributed by atoms with Gasteiger partial charge in [-0.2, -0.15) is 0 Å². The number of anilines is 1. The van der Waals surface area contributed by atoms with Crippen LogP contribution in [0.3, 0.4) is 0 Å². The summed E-state index contributed by atoms with van der Waals surface area (Å²) < 4.78 is 0. The zero-order valence-corrected chi connectivity index (χ0v) is 10.8. The molecular weight excluding hydrogens is 208 g/mol. The van der Waals surface area contributed by atoms with Crippen LogP contribution in [0.1, 0.15) is 44.2 Å². The van der Waals surface area contributed by atoms with Crippen molar-refractivity contribution in [2.75, 3.05) is 5.73 Å². The van der Waals surface area contributed by atoms with Crippen molar-refractivity contribution in [1.29, 1.82) is 0 Å². The fraction of sp³-hybridized carbons (Fsp3) is 0.400. The number of aryl methyl sites for hydroxylation is 1. The number of benzene rings is 1. The molecule has 0 unspecified atom stereocenters. The maximum Gasteiger partial charge on any atom is 0.127 e. The first-order valence-corrected chi connectivity index (χ1v) is 6.31. The molecule has 17 heavy (non-hydrogen) atoms. The maximum atomic E-state index is 6.04. The molecule has 1 aromatic carbocycles. The molecule has 2 rings (SSSR count). The summed E-state index contributed by atoms with van der Waals surface area (Å²) in [7, 11) is 0. The molecule has 0 atom stereocenters. The van der Waals surface area contributed by atoms with Crippen molar-refractivity contribution in [2.24, 2.45) is 0 Å². The highest BCUT2D eigenvalue weighted by Crippen LogP contribution is 2.26. The number of pyridine rings is 1. The van der Waals surface area contributed by atoms with Gasteiger partial charge in [0.2, 0.25) is 0 Å². The lowest BCUT2D eigenvalue weighted by Gasteiger charge is -2.12. The highest BCUT2D eigenvalue weighted by atomic mass is 14.8. The normalized spacial score (nSPS) is 11.3. The van der Waals surface area contributed by atoms with Gasteiger partial charge in [-0.15, -0.1) is 0 Å². The van der Waals surface area contributed by atoms with E-state index in [1.54, 1.807) is 0 Å². The van der Waals surface area contributed by atoms with Crippen molar-refractivity contribution in [1.82, 2.24) is 4.98 Å². The van der Waals surface area contributed by atoms with E-state index in [-0.39, 0.29) is 0 Å². The quantitative estimate of drug-likeness (QED) is 0.865. The number of fused-ring (bicyclic) bond motifs is 1. The molecule has 2 nitrogen and oxygen atoms in total. The molecule has 0 aliphatic rings. The summed E-state index contributed by atoms with van der Waals surface area (Å²) in [5.74, 6) is 1.10. The number of para-hydroxylation sites is 1. The number of hydrogen-bond acceptors (Lipinski definition) is 2. The Hall–Kier alpha value is -1.57. The molecule has 1 aromatic heterocycles. The molecule has 2 heteroatoms. The lowest BCUT2D eigenvalue weighted by atomic mass is 9.99. The van der Waals surface area contributed by atoms with Crippen LogP contribution in [0.15, 0.2) is 24.3 Å². The molecule has 0 aliphatic heterocycles. The Morgan fingerprint density at radius 1 is 1.29 bits per heavy atom. The second-order valence-electron chi connectivity index (χ2n) is 4.86. The third-order valence-corrected chi connectivity index (χ3v) is 3.13. The highest BCUT2D eigenvalue weighted by molar-refractivity contribution is 5.84. The average molecular weight is 228 g/mol. The topological polar surface area (TPSA) is 38.9 Å². The Morgan fingerprint density at radius 2 is 2.06 bits per heavy atom. The molecule has 0 aliphatic carbocycles. The third kappa shape index (κ3) is 2.26. The Balaban J connectivity index is 2.64. The predicted molar refractivity (Wildman–Crippen MR) is 74.2 cm³/mol. The van der Waals surface area contributed by atoms with E-state index in [1.165, 1.54) is 10.9 Å². The van der Waals surface area contributed by atoms with E-state index < -0.39 is 0 Å². The van der Waals surface area contributed by atoms with E-state index in [0.717, 1.165) is 23.9 Å². The molecule has 0 fully saturated rings. The summed E-state index contributed by atoms with van der Waals surface area (Å²) in [5, 5.41) is 1.20. The van der Waals surface area contributed by atoms with Crippen molar-refractivity contribution in [3.05, 3.63) is 35.4 Å². The molecule has 0 saturated heterocycles. The molecule has 0 spiro atoms. The average Bonchev–Trinajstić information content (AvgIpc) is 2.29. The standard InChI is InChI=1S/C15H20N2/c1-4-6-11-7-5-8-12-9-13(10(2)3)15(16)17-14(11)12/h5,7-10H,4,6H2,1-3H3,(H2,16,17). The van der Waals surface area contributed by atoms with Crippen LogP contribution in [-0.4, -0.2) is 4.98 Å². The Labute approximate surface area is 103 Å². The van der Waals surface area contributed by atoms with E-state index >= 15 is 0 Å². The molecular formula is C15H20N2. The van der Waals surface area contributed by atoms with Crippen LogP contribution < -0.4 is 5.73 Å². The first-order valence-electron chi connectivity index (χ1n) is 6.31. The predicted octanol–water partition coefficient (Wildman–Crippen LogP) is 3.89. The van der Waals surface area contributed by atoms with Gasteiger partial charge in [0.05, 0.1) is 5.52 Å². The number of hydrogen-bond donors (Lipinski definition) is 1. The van der Waals surface area contributed by atoms with Crippen LogP contribution in [0.2, 0.25) is 0 Å². The maximum absolute atomic E-state index is 6.04. The van der Waals surface area contributed by atoms with Crippen molar-refractivity contribution in [3.63, 3.8) is 0 Å². The van der Waals surface area contributed by atoms with Crippen LogP contribution in [0.5, 0.6) is 0 Å². The zero-order valence-electron chi connectivity index (χ0n) is 10.8. The second-order valence-corrected chi connectivity index (χ2v) is 4.86. The fourth-order valence-electron chi connectivity index (χ4n) is 2.22. The van der Waals surface area contributed by atoms with Gasteiger partial charge in [0.15, 0.2) is 0 Å². The highest BCUT2D eigenvalue weighted by Gasteiger charge is 2.09. The van der Waals surface area contributed by atoms with Gasteiger partial charge < -0.3 is 5.73 Å². The van der Waals surface area contributed by atoms with Gasteiger partial charge in [0.25, 0.3) is 0 Å². The minimum Gasteiger partial charge on any atom is -0.383 e. The smallest absolute Gasteiger partial charge is 0.127 e. The molecule has 2 N–H and O–H groups in total. The van der Waals surface area contributed by atoms with Crippen LogP contribution in [0.4, 0.5) is 5.82 Å². The van der Waals surface area contributed by atoms with Crippen LogP contribution >= 0.6 is 0 Å². The summed E-state index contributed by atoms with van der Waals surface area (Å²) in [6.07, 6.45) is 2.19. The molecule has 0 saturated carbocycles. The van der Waals surface area contributed by atoms with Gasteiger partial charge in [0.1, 0.15) is 5.82 Å². The minimum absolute atomic E-state index is 0.418. The molecule has 2 aromatic rings. The summed E-state index contributed by atoms with van der Waals surface area (Å²) in [6, 6.07) is 8.55. The lowest BCUT2D eigenvalue weighted by Crippen LogP contribution is -2.01. The van der Waals surface area contributed by atoms with Crippen LogP contribution in [-0.2, 0) is 6.42 Å². The Morgan fingerprint density at radius 3 is 2.71 bits per heavy atom. The molecule has 1 heterocycles. The molecule has 0 amide bonds. The SMILES string of the molecule is CCCc1cccc2cc(C(C)C)c(N)nc12. The van der Waals surface area contributed by atoms with Gasteiger partial charge in [0, 0.05) is 5.39 Å². The van der Waals surface area contributed by atoms with Crippen molar-refractivity contribution < 1.29 is 0 Å². The van der Waals surface area contributed by atoms with E-state index in [9.17, 15) is 0 Å². The van der Waals surface area contributed by atoms with E-state index in [1.807, 2.05) is 0 Å². The van der Waals surface area contributed by atoms with Gasteiger partial charge in [-0.1, -0.05) is 45.4 Å². The van der Waals surface area contributed by atoms with Gasteiger partial charge in [-0.25, -0.2) is 4.98 Å². The summed E-state index contributed by atoms with van der Waals surface area (Å²) >= 11 is 0. The first kappa shape index (κ1) is 11.9. The number of rotatable bonds is 3. The molecule has 0 radical (unpaired) electrons. The van der Waals surface area contributed by atoms with Crippen LogP contribution in [0, 0.1) is 0 Å². The first-order chi connectivity index (χ1) is 8.13. The summed E-state index contributed by atoms with van der Waals surface area (Å²) in [6.45, 7) is 6.48. The van der Waals surface area contributed by atoms with E-state index in [2.05, 4.69) is 50.0 Å². The van der Waals surface area contributed by atoms with E-state index in [4.69, 9.17) is 5.73 Å².